The second-order valence-electron chi connectivity index (χ2n) is 13.4. The number of benzene rings is 2. The third-order valence-electron chi connectivity index (χ3n) is 10.6. The van der Waals surface area contributed by atoms with E-state index in [1.807, 2.05) is 24.5 Å². The van der Waals surface area contributed by atoms with Crippen LogP contribution >= 0.6 is 0 Å². The van der Waals surface area contributed by atoms with Gasteiger partial charge in [0.1, 0.15) is 29.8 Å². The van der Waals surface area contributed by atoms with Crippen LogP contribution in [-0.2, 0) is 9.59 Å². The van der Waals surface area contributed by atoms with E-state index in [1.165, 1.54) is 5.56 Å². The molecule has 0 unspecified atom stereocenters. The van der Waals surface area contributed by atoms with Crippen molar-refractivity contribution >= 4 is 29.0 Å². The highest BCUT2D eigenvalue weighted by molar-refractivity contribution is 6.02. The Labute approximate surface area is 284 Å². The summed E-state index contributed by atoms with van der Waals surface area (Å²) in [7, 11) is 0. The monoisotopic (exact) mass is 663 g/mol. The maximum absolute atomic E-state index is 12.7. The van der Waals surface area contributed by atoms with Gasteiger partial charge < -0.3 is 25.4 Å². The van der Waals surface area contributed by atoms with Gasteiger partial charge in [-0.1, -0.05) is 24.3 Å². The summed E-state index contributed by atoms with van der Waals surface area (Å²) >= 11 is 0. The Morgan fingerprint density at radius 1 is 0.898 bits per heavy atom. The summed E-state index contributed by atoms with van der Waals surface area (Å²) < 4.78 is 7.99. The number of para-hydroxylation sites is 2. The lowest BCUT2D eigenvalue weighted by Gasteiger charge is -2.43. The lowest BCUT2D eigenvalue weighted by molar-refractivity contribution is -0.134. The molecule has 2 saturated heterocycles. The summed E-state index contributed by atoms with van der Waals surface area (Å²) in [6.45, 7) is 4.97. The third kappa shape index (κ3) is 6.03. The van der Waals surface area contributed by atoms with Crippen molar-refractivity contribution < 1.29 is 19.4 Å². The summed E-state index contributed by atoms with van der Waals surface area (Å²) in [5.74, 6) is 1.33. The largest absolute Gasteiger partial charge is 0.507 e. The van der Waals surface area contributed by atoms with Gasteiger partial charge in [-0.05, 0) is 67.9 Å². The van der Waals surface area contributed by atoms with Crippen molar-refractivity contribution in [3.05, 3.63) is 66.5 Å². The van der Waals surface area contributed by atoms with Crippen molar-refractivity contribution in [2.75, 3.05) is 54.9 Å². The highest BCUT2D eigenvalue weighted by atomic mass is 16.5. The van der Waals surface area contributed by atoms with Crippen molar-refractivity contribution in [1.82, 2.24) is 30.2 Å². The van der Waals surface area contributed by atoms with E-state index < -0.39 is 0 Å². The van der Waals surface area contributed by atoms with Gasteiger partial charge in [0, 0.05) is 44.2 Å². The van der Waals surface area contributed by atoms with E-state index in [2.05, 4.69) is 47.4 Å². The topological polar surface area (TPSA) is 155 Å². The van der Waals surface area contributed by atoms with Gasteiger partial charge in [-0.25, -0.2) is 4.68 Å². The zero-order valence-corrected chi connectivity index (χ0v) is 27.4. The van der Waals surface area contributed by atoms with Crippen molar-refractivity contribution in [2.24, 2.45) is 0 Å². The lowest BCUT2D eigenvalue weighted by atomic mass is 9.80. The number of rotatable bonds is 6. The van der Waals surface area contributed by atoms with Crippen LogP contribution in [0, 0.1) is 0 Å². The predicted octanol–water partition coefficient (Wildman–Crippen LogP) is 3.47. The van der Waals surface area contributed by atoms with E-state index >= 15 is 0 Å². The lowest BCUT2D eigenvalue weighted by Crippen LogP contribution is -2.54. The number of nitrogen functional groups attached to an aromatic ring is 1. The summed E-state index contributed by atoms with van der Waals surface area (Å²) in [6.07, 6.45) is 9.21. The number of phenols is 1. The summed E-state index contributed by atoms with van der Waals surface area (Å²) in [5, 5.41) is 25.7. The quantitative estimate of drug-likeness (QED) is 0.260. The highest BCUT2D eigenvalue weighted by Crippen LogP contribution is 2.45. The number of anilines is 3. The Morgan fingerprint density at radius 2 is 1.71 bits per heavy atom. The minimum absolute atomic E-state index is 0.131. The molecule has 2 amide bonds. The first kappa shape index (κ1) is 31.1. The molecule has 0 spiro atoms. The van der Waals surface area contributed by atoms with Crippen molar-refractivity contribution in [1.29, 1.82) is 0 Å². The Hall–Kier alpha value is -5.17. The third-order valence-corrected chi connectivity index (χ3v) is 10.6. The Kier molecular flexibility index (Phi) is 8.28. The second-order valence-corrected chi connectivity index (χ2v) is 13.4. The van der Waals surface area contributed by atoms with Crippen LogP contribution in [0.1, 0.15) is 50.0 Å². The fraction of sp³-hybridized carbons (Fsp3) is 0.417. The standard InChI is InChI=1S/C36H41N9O4/c37-35-31(20-28(40-41-35)27-4-1-2-7-32(27)46)45-22-25(21-38-45)43-16-14-42(15-17-43)24-10-8-23(9-11-24)26-5-3-6-29-34(26)49-19-18-44(29)30-12-13-33(47)39-36(30)48/h1-7,20-24,30,46H,8-19H2,(H2,37,41)(H,39,47,48)/t23?,24?,30-/m1/s1. The number of nitrogens with one attached hydrogen (secondary N) is 1. The minimum atomic E-state index is -0.340. The molecule has 1 aliphatic carbocycles. The number of piperidine rings is 1. The molecule has 49 heavy (non-hydrogen) atoms. The fourth-order valence-electron chi connectivity index (χ4n) is 8.02. The molecular weight excluding hydrogens is 622 g/mol. The van der Waals surface area contributed by atoms with E-state index in [9.17, 15) is 14.7 Å². The first-order valence-electron chi connectivity index (χ1n) is 17.2. The van der Waals surface area contributed by atoms with Gasteiger partial charge in [-0.2, -0.15) is 5.10 Å². The van der Waals surface area contributed by atoms with Crippen LogP contribution < -0.4 is 25.6 Å². The summed E-state index contributed by atoms with van der Waals surface area (Å²) in [6, 6.07) is 15.4. The molecule has 1 atom stereocenters. The number of hydrogen-bond acceptors (Lipinski definition) is 11. The SMILES string of the molecule is Nc1nnc(-c2ccccc2O)cc1-n1cc(N2CCN(C3CCC(c4cccc5c4OCCN5[C@@H]4CCC(=O)NC4=O)CC3)CC2)cn1. The van der Waals surface area contributed by atoms with Gasteiger partial charge in [0.25, 0.3) is 0 Å². The van der Waals surface area contributed by atoms with E-state index in [1.54, 1.807) is 28.9 Å². The van der Waals surface area contributed by atoms with E-state index in [0.29, 0.717) is 54.9 Å². The number of imide groups is 1. The molecule has 1 saturated carbocycles. The first-order chi connectivity index (χ1) is 23.9. The maximum atomic E-state index is 12.7. The van der Waals surface area contributed by atoms with Crippen LogP contribution in [-0.4, -0.2) is 93.2 Å². The zero-order valence-electron chi connectivity index (χ0n) is 27.4. The number of nitrogens with two attached hydrogens (primary N) is 1. The molecule has 13 heteroatoms. The number of aromatic nitrogens is 4. The number of amides is 2. The Balaban J connectivity index is 0.884. The van der Waals surface area contributed by atoms with Crippen LogP contribution in [0.4, 0.5) is 17.2 Å². The normalized spacial score (nSPS) is 23.1. The van der Waals surface area contributed by atoms with Crippen LogP contribution in [0.5, 0.6) is 11.5 Å². The molecule has 0 radical (unpaired) electrons. The maximum Gasteiger partial charge on any atom is 0.249 e. The average molecular weight is 664 g/mol. The van der Waals surface area contributed by atoms with Gasteiger partial charge in [-0.3, -0.25) is 19.8 Å². The van der Waals surface area contributed by atoms with Crippen LogP contribution in [0.2, 0.25) is 0 Å². The van der Waals surface area contributed by atoms with Gasteiger partial charge in [0.15, 0.2) is 5.82 Å². The number of ether oxygens (including phenoxy) is 1. The van der Waals surface area contributed by atoms with Crippen LogP contribution in [0.15, 0.2) is 60.9 Å². The molecule has 4 aliphatic rings. The summed E-state index contributed by atoms with van der Waals surface area (Å²) in [5.41, 5.74) is 11.2. The highest BCUT2D eigenvalue weighted by Gasteiger charge is 2.37. The molecule has 4 aromatic rings. The predicted molar refractivity (Wildman–Crippen MR) is 185 cm³/mol. The van der Waals surface area contributed by atoms with Gasteiger partial charge in [0.2, 0.25) is 11.8 Å². The van der Waals surface area contributed by atoms with E-state index in [0.717, 1.165) is 69.0 Å². The van der Waals surface area contributed by atoms with Crippen LogP contribution in [0.25, 0.3) is 16.9 Å². The average Bonchev–Trinajstić information content (AvgIpc) is 3.62. The first-order valence-corrected chi connectivity index (χ1v) is 17.2. The Bertz CT molecular complexity index is 1860. The zero-order chi connectivity index (χ0) is 33.5. The van der Waals surface area contributed by atoms with Crippen molar-refractivity contribution in [2.45, 2.75) is 56.5 Å². The smallest absolute Gasteiger partial charge is 0.249 e. The van der Waals surface area contributed by atoms with Crippen molar-refractivity contribution in [3.8, 4) is 28.4 Å². The molecule has 3 aliphatic heterocycles. The summed E-state index contributed by atoms with van der Waals surface area (Å²) in [4.78, 5) is 31.6. The molecule has 0 bridgehead atoms. The van der Waals surface area contributed by atoms with Gasteiger partial charge in [-0.15, -0.1) is 10.2 Å². The van der Waals surface area contributed by atoms with E-state index in [4.69, 9.17) is 10.5 Å². The molecule has 13 nitrogen and oxygen atoms in total. The van der Waals surface area contributed by atoms with Crippen molar-refractivity contribution in [3.63, 3.8) is 0 Å². The van der Waals surface area contributed by atoms with E-state index in [-0.39, 0.29) is 29.4 Å². The fourth-order valence-corrected chi connectivity index (χ4v) is 8.02. The number of fused-ring (bicyclic) bond motifs is 1. The second kappa shape index (κ2) is 13.0. The molecule has 254 valence electrons. The number of nitrogens with zero attached hydrogens (tertiary/aromatic N) is 7. The number of aromatic hydroxyl groups is 1. The number of hydrogen-bond donors (Lipinski definition) is 3. The van der Waals surface area contributed by atoms with Crippen LogP contribution in [0.3, 0.4) is 0 Å². The molecule has 4 N–H and O–H groups in total. The number of piperazine rings is 1. The molecule has 2 aromatic heterocycles. The number of carbonyl (C=O) groups is 2. The van der Waals surface area contributed by atoms with Gasteiger partial charge >= 0.3 is 0 Å². The minimum Gasteiger partial charge on any atom is -0.507 e. The number of carbonyl (C=O) groups excluding carboxylic acids is 2. The molecule has 8 rings (SSSR count). The molecule has 5 heterocycles. The molecular formula is C36H41N9O4. The molecule has 2 aromatic carbocycles. The number of phenolic OH excluding ortho intramolecular Hbond substituents is 1. The Morgan fingerprint density at radius 3 is 2.51 bits per heavy atom. The van der Waals surface area contributed by atoms with Gasteiger partial charge in [0.05, 0.1) is 36.0 Å². The molecule has 3 fully saturated rings.